The first kappa shape index (κ1) is 21.2. The Bertz CT molecular complexity index is 687. The topological polar surface area (TPSA) is 90.5 Å². The Kier molecular flexibility index (Phi) is 6.84. The van der Waals surface area contributed by atoms with Crippen molar-refractivity contribution in [2.24, 2.45) is 5.41 Å². The average molecular weight is 395 g/mol. The molecule has 0 radical (unpaired) electrons. The van der Waals surface area contributed by atoms with E-state index in [-0.39, 0.29) is 30.1 Å². The molecule has 3 rings (SSSR count). The smallest absolute Gasteiger partial charge is 0.254 e. The van der Waals surface area contributed by atoms with Crippen LogP contribution in [0.4, 0.5) is 11.4 Å². The number of likely N-dealkylation sites (tertiary alicyclic amines) is 1. The molecule has 0 bridgehead atoms. The van der Waals surface area contributed by atoms with Crippen molar-refractivity contribution in [3.63, 3.8) is 0 Å². The summed E-state index contributed by atoms with van der Waals surface area (Å²) in [6.45, 7) is 6.39. The van der Waals surface area contributed by atoms with Gasteiger partial charge in [0.25, 0.3) is 5.91 Å². The van der Waals surface area contributed by atoms with Crippen LogP contribution in [0.15, 0.2) is 18.2 Å². The number of piperidine rings is 1. The first-order valence-corrected chi connectivity index (χ1v) is 9.07. The van der Waals surface area contributed by atoms with Crippen molar-refractivity contribution in [2.45, 2.75) is 33.1 Å². The number of rotatable bonds is 3. The Morgan fingerprint density at radius 2 is 1.52 bits per heavy atom. The van der Waals surface area contributed by atoms with Gasteiger partial charge in [0.1, 0.15) is 0 Å². The second kappa shape index (κ2) is 8.71. The number of nitrogens with zero attached hydrogens (tertiary/aromatic N) is 1. The standard InChI is InChI=1S/C19H26N4O3.ClH/c1-13(24)21-16-9-15(10-17(11-16)22-14(2)25)18(26)23-7-4-19(5-8-23)3-6-20-12-19;/h9-11,20H,3-8,12H2,1-2H3,(H,21,24)(H,22,25);1H. The fourth-order valence-electron chi connectivity index (χ4n) is 3.89. The van der Waals surface area contributed by atoms with Gasteiger partial charge in [-0.15, -0.1) is 12.4 Å². The van der Waals surface area contributed by atoms with Gasteiger partial charge < -0.3 is 20.9 Å². The van der Waals surface area contributed by atoms with Gasteiger partial charge in [0.05, 0.1) is 0 Å². The monoisotopic (exact) mass is 394 g/mol. The number of amides is 3. The molecule has 0 aliphatic carbocycles. The molecule has 2 aliphatic heterocycles. The second-order valence-electron chi connectivity index (χ2n) is 7.38. The molecule has 7 nitrogen and oxygen atoms in total. The minimum Gasteiger partial charge on any atom is -0.339 e. The highest BCUT2D eigenvalue weighted by Gasteiger charge is 2.38. The molecule has 1 spiro atoms. The molecular formula is C19H27ClN4O3. The molecule has 2 heterocycles. The Hall–Kier alpha value is -2.12. The number of carbonyl (C=O) groups excluding carboxylic acids is 3. The molecule has 148 valence electrons. The Labute approximate surface area is 165 Å². The highest BCUT2D eigenvalue weighted by molar-refractivity contribution is 6.00. The van der Waals surface area contributed by atoms with Crippen molar-refractivity contribution in [1.82, 2.24) is 10.2 Å². The Morgan fingerprint density at radius 3 is 1.96 bits per heavy atom. The third kappa shape index (κ3) is 5.20. The summed E-state index contributed by atoms with van der Waals surface area (Å²) in [5.74, 6) is -0.515. The van der Waals surface area contributed by atoms with Crippen LogP contribution in [0.2, 0.25) is 0 Å². The molecule has 2 saturated heterocycles. The van der Waals surface area contributed by atoms with Gasteiger partial charge in [0.2, 0.25) is 11.8 Å². The van der Waals surface area contributed by atoms with Crippen molar-refractivity contribution >= 4 is 41.5 Å². The summed E-state index contributed by atoms with van der Waals surface area (Å²) in [7, 11) is 0. The van der Waals surface area contributed by atoms with Gasteiger partial charge in [0.15, 0.2) is 0 Å². The van der Waals surface area contributed by atoms with Crippen LogP contribution in [0.5, 0.6) is 0 Å². The van der Waals surface area contributed by atoms with Gasteiger partial charge in [-0.1, -0.05) is 0 Å². The number of hydrogen-bond acceptors (Lipinski definition) is 4. The van der Waals surface area contributed by atoms with Crippen molar-refractivity contribution in [3.8, 4) is 0 Å². The number of halogens is 1. The first-order chi connectivity index (χ1) is 12.4. The minimum atomic E-state index is -0.225. The maximum Gasteiger partial charge on any atom is 0.254 e. The number of carbonyl (C=O) groups is 3. The predicted molar refractivity (Wildman–Crippen MR) is 107 cm³/mol. The van der Waals surface area contributed by atoms with Gasteiger partial charge >= 0.3 is 0 Å². The molecule has 3 N–H and O–H groups in total. The van der Waals surface area contributed by atoms with E-state index in [4.69, 9.17) is 0 Å². The number of hydrogen-bond donors (Lipinski definition) is 3. The molecule has 1 aromatic rings. The number of nitrogens with one attached hydrogen (secondary N) is 3. The van der Waals surface area contributed by atoms with Crippen LogP contribution in [-0.2, 0) is 9.59 Å². The zero-order chi connectivity index (χ0) is 18.7. The van der Waals surface area contributed by atoms with Gasteiger partial charge in [-0.2, -0.15) is 0 Å². The lowest BCUT2D eigenvalue weighted by Crippen LogP contribution is -2.44. The predicted octanol–water partition coefficient (Wildman–Crippen LogP) is 2.24. The van der Waals surface area contributed by atoms with E-state index in [1.165, 1.54) is 20.3 Å². The van der Waals surface area contributed by atoms with E-state index in [1.807, 2.05) is 4.90 Å². The van der Waals surface area contributed by atoms with Gasteiger partial charge in [-0.3, -0.25) is 14.4 Å². The Balaban J connectivity index is 0.00000261. The molecule has 2 fully saturated rings. The maximum atomic E-state index is 13.0. The highest BCUT2D eigenvalue weighted by atomic mass is 35.5. The third-order valence-electron chi connectivity index (χ3n) is 5.26. The Morgan fingerprint density at radius 1 is 0.963 bits per heavy atom. The lowest BCUT2D eigenvalue weighted by Gasteiger charge is -2.39. The molecule has 0 unspecified atom stereocenters. The molecule has 0 atom stereocenters. The normalized spacial score (nSPS) is 17.9. The summed E-state index contributed by atoms with van der Waals surface area (Å²) in [5.41, 5.74) is 1.82. The van der Waals surface area contributed by atoms with Crippen LogP contribution in [0.1, 0.15) is 43.5 Å². The van der Waals surface area contributed by atoms with Crippen molar-refractivity contribution in [2.75, 3.05) is 36.8 Å². The SMILES string of the molecule is CC(=O)Nc1cc(NC(C)=O)cc(C(=O)N2CCC3(CCNC3)CC2)c1.Cl. The van der Waals surface area contributed by atoms with Crippen molar-refractivity contribution in [3.05, 3.63) is 23.8 Å². The molecule has 27 heavy (non-hydrogen) atoms. The van der Waals surface area contributed by atoms with Crippen LogP contribution >= 0.6 is 12.4 Å². The van der Waals surface area contributed by atoms with Crippen LogP contribution in [-0.4, -0.2) is 48.8 Å². The summed E-state index contributed by atoms with van der Waals surface area (Å²) >= 11 is 0. The summed E-state index contributed by atoms with van der Waals surface area (Å²) in [4.78, 5) is 37.6. The fourth-order valence-corrected chi connectivity index (χ4v) is 3.89. The number of benzene rings is 1. The van der Waals surface area contributed by atoms with E-state index in [9.17, 15) is 14.4 Å². The molecule has 0 aromatic heterocycles. The lowest BCUT2D eigenvalue weighted by atomic mass is 9.78. The van der Waals surface area contributed by atoms with E-state index in [0.717, 1.165) is 39.0 Å². The van der Waals surface area contributed by atoms with Crippen molar-refractivity contribution < 1.29 is 14.4 Å². The van der Waals surface area contributed by atoms with Crippen molar-refractivity contribution in [1.29, 1.82) is 0 Å². The highest BCUT2D eigenvalue weighted by Crippen LogP contribution is 2.37. The molecule has 2 aliphatic rings. The van der Waals surface area contributed by atoms with E-state index < -0.39 is 0 Å². The van der Waals surface area contributed by atoms with E-state index >= 15 is 0 Å². The quantitative estimate of drug-likeness (QED) is 0.733. The number of anilines is 2. The van der Waals surface area contributed by atoms with Gasteiger partial charge in [0, 0.05) is 50.4 Å². The first-order valence-electron chi connectivity index (χ1n) is 9.07. The maximum absolute atomic E-state index is 13.0. The fraction of sp³-hybridized carbons (Fsp3) is 0.526. The molecular weight excluding hydrogens is 368 g/mol. The molecule has 0 saturated carbocycles. The van der Waals surface area contributed by atoms with Crippen LogP contribution in [0.3, 0.4) is 0 Å². The lowest BCUT2D eigenvalue weighted by molar-refractivity contribution is -0.115. The third-order valence-corrected chi connectivity index (χ3v) is 5.26. The van der Waals surface area contributed by atoms with Crippen LogP contribution in [0, 0.1) is 5.41 Å². The average Bonchev–Trinajstić information content (AvgIpc) is 3.01. The van der Waals surface area contributed by atoms with Gasteiger partial charge in [-0.25, -0.2) is 0 Å². The van der Waals surface area contributed by atoms with E-state index in [2.05, 4.69) is 16.0 Å². The summed E-state index contributed by atoms with van der Waals surface area (Å²) in [6, 6.07) is 4.97. The van der Waals surface area contributed by atoms with Gasteiger partial charge in [-0.05, 0) is 49.4 Å². The summed E-state index contributed by atoms with van der Waals surface area (Å²) in [6.07, 6.45) is 3.20. The van der Waals surface area contributed by atoms with Crippen LogP contribution < -0.4 is 16.0 Å². The minimum absolute atomic E-state index is 0. The largest absolute Gasteiger partial charge is 0.339 e. The second-order valence-corrected chi connectivity index (χ2v) is 7.38. The molecule has 8 heteroatoms. The zero-order valence-corrected chi connectivity index (χ0v) is 16.6. The van der Waals surface area contributed by atoms with Crippen LogP contribution in [0.25, 0.3) is 0 Å². The van der Waals surface area contributed by atoms with E-state index in [0.29, 0.717) is 22.4 Å². The summed E-state index contributed by atoms with van der Waals surface area (Å²) in [5, 5.41) is 8.80. The zero-order valence-electron chi connectivity index (χ0n) is 15.8. The molecule has 1 aromatic carbocycles. The molecule has 3 amide bonds. The summed E-state index contributed by atoms with van der Waals surface area (Å²) < 4.78 is 0. The van der Waals surface area contributed by atoms with E-state index in [1.54, 1.807) is 18.2 Å².